The van der Waals surface area contributed by atoms with E-state index in [1.807, 2.05) is 6.92 Å². The van der Waals surface area contributed by atoms with Crippen molar-refractivity contribution in [3.63, 3.8) is 0 Å². The van der Waals surface area contributed by atoms with Gasteiger partial charge in [-0.2, -0.15) is 24.9 Å². The molecule has 2 aromatic heterocycles. The molecule has 2 N–H and O–H groups in total. The molecule has 8 heteroatoms. The molecule has 0 saturated heterocycles. The van der Waals surface area contributed by atoms with Crippen LogP contribution in [0.5, 0.6) is 0 Å². The molecule has 0 saturated carbocycles. The standard InChI is InChI=1S/C12H15F3N4S/c1-3-20-6-8(16)10-18-9-4-7(12(13,14)15)5-17-11(9)19(10)2/h4-5,8H,3,6,16H2,1-2H3/t8-/m0/s1. The lowest BCUT2D eigenvalue weighted by Gasteiger charge is -2.10. The van der Waals surface area contributed by atoms with Crippen LogP contribution in [-0.4, -0.2) is 26.0 Å². The number of nitrogens with zero attached hydrogens (tertiary/aromatic N) is 3. The summed E-state index contributed by atoms with van der Waals surface area (Å²) in [6.45, 7) is 2.02. The van der Waals surface area contributed by atoms with Gasteiger partial charge in [0.2, 0.25) is 0 Å². The van der Waals surface area contributed by atoms with Gasteiger partial charge in [0, 0.05) is 19.0 Å². The molecule has 1 atom stereocenters. The molecule has 110 valence electrons. The SMILES string of the molecule is CCSC[C@H](N)c1nc2cc(C(F)(F)F)cnc2n1C. The zero-order valence-electron chi connectivity index (χ0n) is 11.1. The molecule has 0 aliphatic rings. The lowest BCUT2D eigenvalue weighted by Crippen LogP contribution is -2.17. The van der Waals surface area contributed by atoms with Crippen LogP contribution in [0.2, 0.25) is 0 Å². The van der Waals surface area contributed by atoms with E-state index in [4.69, 9.17) is 5.73 Å². The Hall–Kier alpha value is -1.28. The summed E-state index contributed by atoms with van der Waals surface area (Å²) < 4.78 is 39.6. The van der Waals surface area contributed by atoms with E-state index in [0.717, 1.165) is 18.0 Å². The zero-order chi connectivity index (χ0) is 14.9. The molecule has 0 fully saturated rings. The van der Waals surface area contributed by atoms with Crippen molar-refractivity contribution in [1.29, 1.82) is 0 Å². The van der Waals surface area contributed by atoms with E-state index >= 15 is 0 Å². The molecule has 0 aromatic carbocycles. The fourth-order valence-electron chi connectivity index (χ4n) is 1.90. The summed E-state index contributed by atoms with van der Waals surface area (Å²) in [5.41, 5.74) is 5.84. The number of alkyl halides is 3. The monoisotopic (exact) mass is 304 g/mol. The quantitative estimate of drug-likeness (QED) is 0.943. The third kappa shape index (κ3) is 2.90. The van der Waals surface area contributed by atoms with Crippen LogP contribution >= 0.6 is 11.8 Å². The molecule has 0 bridgehead atoms. The molecular formula is C12H15F3N4S. The van der Waals surface area contributed by atoms with Crippen LogP contribution in [-0.2, 0) is 13.2 Å². The summed E-state index contributed by atoms with van der Waals surface area (Å²) in [4.78, 5) is 8.05. The van der Waals surface area contributed by atoms with Crippen molar-refractivity contribution in [3.8, 4) is 0 Å². The third-order valence-corrected chi connectivity index (χ3v) is 3.91. The number of aryl methyl sites for hydroxylation is 1. The Morgan fingerprint density at radius 3 is 2.75 bits per heavy atom. The average Bonchev–Trinajstić information content (AvgIpc) is 2.72. The first kappa shape index (κ1) is 15.1. The Morgan fingerprint density at radius 2 is 2.15 bits per heavy atom. The maximum absolute atomic E-state index is 12.6. The van der Waals surface area contributed by atoms with E-state index in [2.05, 4.69) is 9.97 Å². The van der Waals surface area contributed by atoms with Crippen LogP contribution in [0.15, 0.2) is 12.3 Å². The Bertz CT molecular complexity index is 609. The Balaban J connectivity index is 2.42. The Morgan fingerprint density at radius 1 is 1.45 bits per heavy atom. The number of hydrogen-bond acceptors (Lipinski definition) is 4. The number of nitrogens with two attached hydrogens (primary N) is 1. The molecule has 20 heavy (non-hydrogen) atoms. The molecule has 4 nitrogen and oxygen atoms in total. The second-order valence-electron chi connectivity index (χ2n) is 4.36. The van der Waals surface area contributed by atoms with Gasteiger partial charge in [-0.1, -0.05) is 6.92 Å². The van der Waals surface area contributed by atoms with Gasteiger partial charge in [0.25, 0.3) is 0 Å². The van der Waals surface area contributed by atoms with Crippen LogP contribution in [0.25, 0.3) is 11.2 Å². The highest BCUT2D eigenvalue weighted by molar-refractivity contribution is 7.99. The van der Waals surface area contributed by atoms with Crippen molar-refractivity contribution in [2.24, 2.45) is 12.8 Å². The molecule has 0 radical (unpaired) electrons. The van der Waals surface area contributed by atoms with Crippen molar-refractivity contribution in [2.75, 3.05) is 11.5 Å². The molecule has 0 aliphatic carbocycles. The van der Waals surface area contributed by atoms with Crippen molar-refractivity contribution in [2.45, 2.75) is 19.1 Å². The van der Waals surface area contributed by atoms with Crippen molar-refractivity contribution < 1.29 is 13.2 Å². The van der Waals surface area contributed by atoms with Crippen LogP contribution in [0.4, 0.5) is 13.2 Å². The average molecular weight is 304 g/mol. The van der Waals surface area contributed by atoms with Crippen LogP contribution in [0.3, 0.4) is 0 Å². The number of halogens is 3. The topological polar surface area (TPSA) is 56.7 Å². The molecule has 0 unspecified atom stereocenters. The maximum atomic E-state index is 12.6. The maximum Gasteiger partial charge on any atom is 0.417 e. The van der Waals surface area contributed by atoms with Crippen molar-refractivity contribution in [3.05, 3.63) is 23.7 Å². The number of thioether (sulfide) groups is 1. The highest BCUT2D eigenvalue weighted by Crippen LogP contribution is 2.30. The number of imidazole rings is 1. The summed E-state index contributed by atoms with van der Waals surface area (Å²) in [5, 5.41) is 0. The minimum Gasteiger partial charge on any atom is -0.321 e. The normalized spacial score (nSPS) is 13.9. The summed E-state index contributed by atoms with van der Waals surface area (Å²) in [6.07, 6.45) is -3.60. The van der Waals surface area contributed by atoms with E-state index in [-0.39, 0.29) is 11.6 Å². The number of hydrogen-bond donors (Lipinski definition) is 1. The lowest BCUT2D eigenvalue weighted by atomic mass is 10.2. The van der Waals surface area contributed by atoms with E-state index in [0.29, 0.717) is 17.2 Å². The van der Waals surface area contributed by atoms with E-state index < -0.39 is 11.7 Å². The largest absolute Gasteiger partial charge is 0.417 e. The molecule has 0 spiro atoms. The van der Waals surface area contributed by atoms with Crippen molar-refractivity contribution >= 4 is 22.9 Å². The minimum atomic E-state index is -4.42. The van der Waals surface area contributed by atoms with Crippen LogP contribution in [0.1, 0.15) is 24.4 Å². The lowest BCUT2D eigenvalue weighted by molar-refractivity contribution is -0.137. The molecule has 2 heterocycles. The fraction of sp³-hybridized carbons (Fsp3) is 0.500. The number of rotatable bonds is 4. The summed E-state index contributed by atoms with van der Waals surface area (Å²) in [6, 6.07) is 0.680. The fourth-order valence-corrected chi connectivity index (χ4v) is 2.54. The van der Waals surface area contributed by atoms with E-state index in [1.165, 1.54) is 0 Å². The number of pyridine rings is 1. The summed E-state index contributed by atoms with van der Waals surface area (Å²) in [7, 11) is 1.71. The number of aromatic nitrogens is 3. The molecular weight excluding hydrogens is 289 g/mol. The van der Waals surface area contributed by atoms with Gasteiger partial charge in [-0.3, -0.25) is 0 Å². The predicted molar refractivity (Wildman–Crippen MR) is 73.4 cm³/mol. The predicted octanol–water partition coefficient (Wildman–Crippen LogP) is 2.74. The van der Waals surface area contributed by atoms with Crippen molar-refractivity contribution in [1.82, 2.24) is 14.5 Å². The van der Waals surface area contributed by atoms with Gasteiger partial charge in [0.15, 0.2) is 5.65 Å². The minimum absolute atomic E-state index is 0.217. The highest BCUT2D eigenvalue weighted by atomic mass is 32.2. The second kappa shape index (κ2) is 5.61. The smallest absolute Gasteiger partial charge is 0.321 e. The van der Waals surface area contributed by atoms with Gasteiger partial charge in [0.05, 0.1) is 11.6 Å². The van der Waals surface area contributed by atoms with Gasteiger partial charge >= 0.3 is 6.18 Å². The van der Waals surface area contributed by atoms with Crippen LogP contribution in [0, 0.1) is 0 Å². The molecule has 2 aromatic rings. The first-order valence-corrected chi connectivity index (χ1v) is 7.23. The van der Waals surface area contributed by atoms with Crippen LogP contribution < -0.4 is 5.73 Å². The van der Waals surface area contributed by atoms with E-state index in [9.17, 15) is 13.2 Å². The highest BCUT2D eigenvalue weighted by Gasteiger charge is 2.31. The Kier molecular flexibility index (Phi) is 4.24. The van der Waals surface area contributed by atoms with Gasteiger partial charge in [-0.15, -0.1) is 0 Å². The van der Waals surface area contributed by atoms with Gasteiger partial charge in [-0.05, 0) is 11.8 Å². The van der Waals surface area contributed by atoms with Gasteiger partial charge in [0.1, 0.15) is 11.3 Å². The molecule has 0 aliphatic heterocycles. The second-order valence-corrected chi connectivity index (χ2v) is 5.68. The zero-order valence-corrected chi connectivity index (χ0v) is 11.9. The summed E-state index contributed by atoms with van der Waals surface area (Å²) >= 11 is 1.66. The summed E-state index contributed by atoms with van der Waals surface area (Å²) in [5.74, 6) is 2.14. The number of fused-ring (bicyclic) bond motifs is 1. The first-order chi connectivity index (χ1) is 9.34. The third-order valence-electron chi connectivity index (χ3n) is 2.90. The Labute approximate surface area is 118 Å². The van der Waals surface area contributed by atoms with Gasteiger partial charge in [-0.25, -0.2) is 9.97 Å². The van der Waals surface area contributed by atoms with Gasteiger partial charge < -0.3 is 10.3 Å². The van der Waals surface area contributed by atoms with E-state index in [1.54, 1.807) is 23.4 Å². The molecule has 0 amide bonds. The molecule has 2 rings (SSSR count). The first-order valence-electron chi connectivity index (χ1n) is 6.07.